The van der Waals surface area contributed by atoms with E-state index in [1.807, 2.05) is 35.2 Å². The van der Waals surface area contributed by atoms with Gasteiger partial charge in [0.25, 0.3) is 5.91 Å². The van der Waals surface area contributed by atoms with Gasteiger partial charge in [-0.3, -0.25) is 9.69 Å². The molecule has 0 saturated carbocycles. The molecule has 2 heterocycles. The molecule has 1 aromatic heterocycles. The second kappa shape index (κ2) is 8.03. The smallest absolute Gasteiger partial charge is 0.253 e. The van der Waals surface area contributed by atoms with E-state index in [9.17, 15) is 4.79 Å². The van der Waals surface area contributed by atoms with Crippen LogP contribution in [0.25, 0.3) is 5.69 Å². The standard InChI is InChI=1S/C24H27N3O/c1-19-8-9-20(2)27(19)23-12-10-22(11-13-23)24(28)26-16-14-25(15-17-26)18-21-6-4-3-5-7-21/h3-13H,14-18H2,1-2H3. The van der Waals surface area contributed by atoms with Crippen LogP contribution < -0.4 is 0 Å². The van der Waals surface area contributed by atoms with Crippen LogP contribution in [-0.4, -0.2) is 46.5 Å². The summed E-state index contributed by atoms with van der Waals surface area (Å²) in [7, 11) is 0. The molecule has 0 unspecified atom stereocenters. The van der Waals surface area contributed by atoms with Crippen molar-refractivity contribution in [1.82, 2.24) is 14.4 Å². The number of piperazine rings is 1. The molecule has 1 saturated heterocycles. The average Bonchev–Trinajstić information content (AvgIpc) is 3.07. The van der Waals surface area contributed by atoms with Crippen molar-refractivity contribution in [3.8, 4) is 5.69 Å². The van der Waals surface area contributed by atoms with Gasteiger partial charge in [-0.15, -0.1) is 0 Å². The van der Waals surface area contributed by atoms with Crippen molar-refractivity contribution < 1.29 is 4.79 Å². The Morgan fingerprint density at radius 3 is 2.00 bits per heavy atom. The van der Waals surface area contributed by atoms with E-state index in [1.165, 1.54) is 17.0 Å². The van der Waals surface area contributed by atoms with Gasteiger partial charge in [-0.2, -0.15) is 0 Å². The summed E-state index contributed by atoms with van der Waals surface area (Å²) in [6.07, 6.45) is 0. The lowest BCUT2D eigenvalue weighted by atomic mass is 10.1. The third-order valence-electron chi connectivity index (χ3n) is 5.55. The van der Waals surface area contributed by atoms with E-state index in [0.29, 0.717) is 0 Å². The summed E-state index contributed by atoms with van der Waals surface area (Å²) < 4.78 is 2.20. The maximum absolute atomic E-state index is 12.9. The number of hydrogen-bond donors (Lipinski definition) is 0. The quantitative estimate of drug-likeness (QED) is 0.690. The molecule has 1 amide bonds. The molecule has 1 fully saturated rings. The topological polar surface area (TPSA) is 28.5 Å². The number of aryl methyl sites for hydroxylation is 2. The average molecular weight is 374 g/mol. The molecule has 0 radical (unpaired) electrons. The van der Waals surface area contributed by atoms with Gasteiger partial charge in [-0.1, -0.05) is 30.3 Å². The largest absolute Gasteiger partial charge is 0.336 e. The summed E-state index contributed by atoms with van der Waals surface area (Å²) in [6.45, 7) is 8.54. The fourth-order valence-corrected chi connectivity index (χ4v) is 3.96. The number of rotatable bonds is 4. The molecule has 1 aliphatic heterocycles. The molecule has 28 heavy (non-hydrogen) atoms. The fourth-order valence-electron chi connectivity index (χ4n) is 3.96. The van der Waals surface area contributed by atoms with E-state index in [1.54, 1.807) is 0 Å². The minimum atomic E-state index is 0.131. The molecule has 3 aromatic rings. The van der Waals surface area contributed by atoms with Crippen LogP contribution in [0.15, 0.2) is 66.7 Å². The first-order chi connectivity index (χ1) is 13.6. The van der Waals surface area contributed by atoms with Crippen LogP contribution in [0.1, 0.15) is 27.3 Å². The van der Waals surface area contributed by atoms with E-state index >= 15 is 0 Å². The van der Waals surface area contributed by atoms with Gasteiger partial charge in [-0.05, 0) is 55.8 Å². The number of carbonyl (C=O) groups excluding carboxylic acids is 1. The molecule has 0 atom stereocenters. The Kier molecular flexibility index (Phi) is 5.31. The zero-order valence-corrected chi connectivity index (χ0v) is 16.6. The lowest BCUT2D eigenvalue weighted by Gasteiger charge is -2.34. The molecule has 0 bridgehead atoms. The van der Waals surface area contributed by atoms with Gasteiger partial charge in [0.15, 0.2) is 0 Å². The minimum Gasteiger partial charge on any atom is -0.336 e. The van der Waals surface area contributed by atoms with Crippen LogP contribution >= 0.6 is 0 Å². The molecule has 144 valence electrons. The second-order valence-corrected chi connectivity index (χ2v) is 7.55. The number of hydrogen-bond acceptors (Lipinski definition) is 2. The number of amides is 1. The first-order valence-corrected chi connectivity index (χ1v) is 9.93. The van der Waals surface area contributed by atoms with Crippen LogP contribution in [0.4, 0.5) is 0 Å². The third kappa shape index (κ3) is 3.87. The van der Waals surface area contributed by atoms with Crippen LogP contribution in [0, 0.1) is 13.8 Å². The van der Waals surface area contributed by atoms with E-state index < -0.39 is 0 Å². The van der Waals surface area contributed by atoms with Crippen LogP contribution in [0.2, 0.25) is 0 Å². The predicted octanol–water partition coefficient (Wildman–Crippen LogP) is 4.05. The molecule has 4 nitrogen and oxygen atoms in total. The summed E-state index contributed by atoms with van der Waals surface area (Å²) in [6, 6.07) is 22.7. The number of aromatic nitrogens is 1. The van der Waals surface area contributed by atoms with Gasteiger partial charge in [-0.25, -0.2) is 0 Å². The Balaban J connectivity index is 1.37. The van der Waals surface area contributed by atoms with Crippen molar-refractivity contribution in [2.45, 2.75) is 20.4 Å². The first kappa shape index (κ1) is 18.5. The second-order valence-electron chi connectivity index (χ2n) is 7.55. The molecule has 1 aliphatic rings. The molecular formula is C24H27N3O. The van der Waals surface area contributed by atoms with Crippen molar-refractivity contribution in [2.24, 2.45) is 0 Å². The molecule has 0 spiro atoms. The number of carbonyl (C=O) groups is 1. The van der Waals surface area contributed by atoms with Crippen molar-refractivity contribution in [2.75, 3.05) is 26.2 Å². The molecule has 2 aromatic carbocycles. The zero-order chi connectivity index (χ0) is 19.5. The zero-order valence-electron chi connectivity index (χ0n) is 16.6. The molecule has 4 heteroatoms. The highest BCUT2D eigenvalue weighted by molar-refractivity contribution is 5.94. The number of nitrogens with zero attached hydrogens (tertiary/aromatic N) is 3. The van der Waals surface area contributed by atoms with Crippen molar-refractivity contribution >= 4 is 5.91 Å². The SMILES string of the molecule is Cc1ccc(C)n1-c1ccc(C(=O)N2CCN(Cc3ccccc3)CC2)cc1. The lowest BCUT2D eigenvalue weighted by molar-refractivity contribution is 0.0628. The number of benzene rings is 2. The lowest BCUT2D eigenvalue weighted by Crippen LogP contribution is -2.48. The normalized spacial score (nSPS) is 15.0. The summed E-state index contributed by atoms with van der Waals surface area (Å²) in [5, 5.41) is 0. The Morgan fingerprint density at radius 1 is 0.786 bits per heavy atom. The van der Waals surface area contributed by atoms with E-state index in [4.69, 9.17) is 0 Å². The van der Waals surface area contributed by atoms with Gasteiger partial charge in [0.05, 0.1) is 0 Å². The maximum Gasteiger partial charge on any atom is 0.253 e. The summed E-state index contributed by atoms with van der Waals surface area (Å²) in [5.41, 5.74) is 5.60. The van der Waals surface area contributed by atoms with Crippen molar-refractivity contribution in [3.05, 3.63) is 89.2 Å². The van der Waals surface area contributed by atoms with E-state index in [2.05, 4.69) is 59.7 Å². The Hall–Kier alpha value is -2.85. The van der Waals surface area contributed by atoms with Crippen LogP contribution in [0.3, 0.4) is 0 Å². The Morgan fingerprint density at radius 2 is 1.39 bits per heavy atom. The molecule has 0 N–H and O–H groups in total. The monoisotopic (exact) mass is 373 g/mol. The van der Waals surface area contributed by atoms with Crippen molar-refractivity contribution in [3.63, 3.8) is 0 Å². The van der Waals surface area contributed by atoms with Gasteiger partial charge < -0.3 is 9.47 Å². The summed E-state index contributed by atoms with van der Waals surface area (Å²) in [5.74, 6) is 0.131. The summed E-state index contributed by atoms with van der Waals surface area (Å²) >= 11 is 0. The minimum absolute atomic E-state index is 0.131. The van der Waals surface area contributed by atoms with Crippen molar-refractivity contribution in [1.29, 1.82) is 0 Å². The highest BCUT2D eigenvalue weighted by atomic mass is 16.2. The van der Waals surface area contributed by atoms with Crippen LogP contribution in [-0.2, 0) is 6.54 Å². The van der Waals surface area contributed by atoms with Gasteiger partial charge >= 0.3 is 0 Å². The van der Waals surface area contributed by atoms with Gasteiger partial charge in [0, 0.05) is 55.4 Å². The summed E-state index contributed by atoms with van der Waals surface area (Å²) in [4.78, 5) is 17.3. The van der Waals surface area contributed by atoms with Gasteiger partial charge in [0.1, 0.15) is 0 Å². The molecule has 0 aliphatic carbocycles. The van der Waals surface area contributed by atoms with Gasteiger partial charge in [0.2, 0.25) is 0 Å². The van der Waals surface area contributed by atoms with E-state index in [-0.39, 0.29) is 5.91 Å². The highest BCUT2D eigenvalue weighted by Crippen LogP contribution is 2.18. The Bertz CT molecular complexity index is 916. The van der Waals surface area contributed by atoms with Crippen LogP contribution in [0.5, 0.6) is 0 Å². The Labute approximate surface area is 167 Å². The molecule has 4 rings (SSSR count). The first-order valence-electron chi connectivity index (χ1n) is 9.93. The van der Waals surface area contributed by atoms with E-state index in [0.717, 1.165) is 44.0 Å². The predicted molar refractivity (Wildman–Crippen MR) is 113 cm³/mol. The fraction of sp³-hybridized carbons (Fsp3) is 0.292. The maximum atomic E-state index is 12.9. The third-order valence-corrected chi connectivity index (χ3v) is 5.55. The molecular weight excluding hydrogens is 346 g/mol. The highest BCUT2D eigenvalue weighted by Gasteiger charge is 2.22.